The van der Waals surface area contributed by atoms with E-state index < -0.39 is 21.4 Å². The molecule has 2 aromatic carbocycles. The summed E-state index contributed by atoms with van der Waals surface area (Å²) in [5.74, 6) is -0.223. The first-order chi connectivity index (χ1) is 17.1. The summed E-state index contributed by atoms with van der Waals surface area (Å²) in [6.07, 6.45) is 2.19. The number of rotatable bonds is 8. The fourth-order valence-electron chi connectivity index (χ4n) is 4.54. The summed E-state index contributed by atoms with van der Waals surface area (Å²) in [6.45, 7) is 1.90. The van der Waals surface area contributed by atoms with Gasteiger partial charge in [-0.15, -0.1) is 0 Å². The van der Waals surface area contributed by atoms with Gasteiger partial charge in [0.1, 0.15) is 23.4 Å². The smallest absolute Gasteiger partial charge is 0.489 e. The van der Waals surface area contributed by atoms with E-state index in [2.05, 4.69) is 9.08 Å². The van der Waals surface area contributed by atoms with Gasteiger partial charge < -0.3 is 8.92 Å². The molecule has 4 rings (SSSR count). The quantitative estimate of drug-likeness (QED) is 0.245. The zero-order valence-corrected chi connectivity index (χ0v) is 20.2. The van der Waals surface area contributed by atoms with E-state index in [0.29, 0.717) is 60.4 Å². The Morgan fingerprint density at radius 1 is 1.03 bits per heavy atom. The van der Waals surface area contributed by atoms with Gasteiger partial charge in [0.05, 0.1) is 6.67 Å². The molecule has 2 aliphatic rings. The number of hydrogen-bond donors (Lipinski definition) is 0. The van der Waals surface area contributed by atoms with Crippen LogP contribution in [0.5, 0.6) is 11.5 Å². The van der Waals surface area contributed by atoms with Crippen LogP contribution in [-0.2, 0) is 16.5 Å². The molecule has 1 aliphatic carbocycles. The lowest BCUT2D eigenvalue weighted by Crippen LogP contribution is -2.28. The van der Waals surface area contributed by atoms with Crippen molar-refractivity contribution in [2.45, 2.75) is 43.7 Å². The summed E-state index contributed by atoms with van der Waals surface area (Å²) in [4.78, 5) is 2.15. The molecule has 1 atom stereocenters. The summed E-state index contributed by atoms with van der Waals surface area (Å²) in [5.41, 5.74) is -3.72. The first-order valence-corrected chi connectivity index (χ1v) is 13.1. The Balaban J connectivity index is 1.52. The van der Waals surface area contributed by atoms with Gasteiger partial charge in [-0.3, -0.25) is 9.29 Å². The second-order valence-electron chi connectivity index (χ2n) is 8.83. The number of halogens is 5. The molecule has 11 heteroatoms. The maximum absolute atomic E-state index is 15.1. The number of fused-ring (bicyclic) bond motifs is 1. The Bertz CT molecular complexity index is 1210. The van der Waals surface area contributed by atoms with Crippen LogP contribution in [0.1, 0.15) is 42.4 Å². The largest absolute Gasteiger partial charge is 0.534 e. The predicted octanol–water partition coefficient (Wildman–Crippen LogP) is 5.79. The zero-order valence-electron chi connectivity index (χ0n) is 19.4. The summed E-state index contributed by atoms with van der Waals surface area (Å²) < 4.78 is 98.6. The number of aryl methyl sites for hydroxylation is 1. The van der Waals surface area contributed by atoms with Gasteiger partial charge in [-0.2, -0.15) is 21.6 Å². The molecule has 0 saturated carbocycles. The molecule has 0 amide bonds. The Morgan fingerprint density at radius 3 is 2.44 bits per heavy atom. The van der Waals surface area contributed by atoms with Crippen molar-refractivity contribution in [3.63, 3.8) is 0 Å². The standard InChI is InChI=1S/C25H26F5NO4S/c26-12-2-13-31-14-11-21(16-31)34-19-7-5-17(6-8-19)24-22-10-9-20(35-36(32,33)25(28,29)30)15-18(22)3-1-4-23(24)27/h5-10,15,21H,1-4,11-14,16H2. The fraction of sp³-hybridized carbons (Fsp3) is 0.440. The van der Waals surface area contributed by atoms with Gasteiger partial charge in [0.15, 0.2) is 0 Å². The van der Waals surface area contributed by atoms with E-state index in [1.54, 1.807) is 24.3 Å². The molecule has 196 valence electrons. The minimum absolute atomic E-state index is 0.0172. The first-order valence-electron chi connectivity index (χ1n) is 11.7. The highest BCUT2D eigenvalue weighted by atomic mass is 32.2. The lowest BCUT2D eigenvalue weighted by molar-refractivity contribution is -0.0500. The molecule has 0 bridgehead atoms. The summed E-state index contributed by atoms with van der Waals surface area (Å²) in [7, 11) is -5.81. The Labute approximate surface area is 206 Å². The summed E-state index contributed by atoms with van der Waals surface area (Å²) in [5, 5.41) is 0. The molecule has 36 heavy (non-hydrogen) atoms. The molecule has 1 heterocycles. The average molecular weight is 532 g/mol. The van der Waals surface area contributed by atoms with Gasteiger partial charge in [-0.1, -0.05) is 18.2 Å². The number of hydrogen-bond acceptors (Lipinski definition) is 5. The molecule has 5 nitrogen and oxygen atoms in total. The van der Waals surface area contributed by atoms with E-state index in [4.69, 9.17) is 4.74 Å². The second kappa shape index (κ2) is 10.8. The number of benzene rings is 2. The molecule has 0 aromatic heterocycles. The van der Waals surface area contributed by atoms with Gasteiger partial charge in [0.2, 0.25) is 0 Å². The lowest BCUT2D eigenvalue weighted by Gasteiger charge is -2.17. The van der Waals surface area contributed by atoms with E-state index in [0.717, 1.165) is 19.0 Å². The number of allylic oxidation sites excluding steroid dienone is 1. The third-order valence-electron chi connectivity index (χ3n) is 6.23. The van der Waals surface area contributed by atoms with Crippen molar-refractivity contribution in [3.8, 4) is 11.5 Å². The molecular formula is C25H26F5NO4S. The van der Waals surface area contributed by atoms with Crippen molar-refractivity contribution in [1.82, 2.24) is 4.90 Å². The minimum atomic E-state index is -5.81. The highest BCUT2D eigenvalue weighted by molar-refractivity contribution is 7.88. The van der Waals surface area contributed by atoms with Crippen LogP contribution < -0.4 is 8.92 Å². The van der Waals surface area contributed by atoms with Crippen LogP contribution in [0.4, 0.5) is 22.0 Å². The van der Waals surface area contributed by atoms with Crippen molar-refractivity contribution in [2.24, 2.45) is 0 Å². The summed E-state index contributed by atoms with van der Waals surface area (Å²) >= 11 is 0. The molecule has 1 saturated heterocycles. The van der Waals surface area contributed by atoms with E-state index in [1.807, 2.05) is 0 Å². The van der Waals surface area contributed by atoms with Crippen LogP contribution >= 0.6 is 0 Å². The Morgan fingerprint density at radius 2 is 1.75 bits per heavy atom. The predicted molar refractivity (Wildman–Crippen MR) is 125 cm³/mol. The highest BCUT2D eigenvalue weighted by Crippen LogP contribution is 2.38. The van der Waals surface area contributed by atoms with Gasteiger partial charge >= 0.3 is 15.6 Å². The van der Waals surface area contributed by atoms with Crippen molar-refractivity contribution >= 4 is 15.7 Å². The molecule has 0 N–H and O–H groups in total. The van der Waals surface area contributed by atoms with Crippen LogP contribution in [0.2, 0.25) is 0 Å². The van der Waals surface area contributed by atoms with Gasteiger partial charge in [0, 0.05) is 31.6 Å². The number of likely N-dealkylation sites (tertiary alicyclic amines) is 1. The van der Waals surface area contributed by atoms with Crippen LogP contribution in [0, 0.1) is 0 Å². The maximum Gasteiger partial charge on any atom is 0.534 e. The third kappa shape index (κ3) is 6.00. The Kier molecular flexibility index (Phi) is 7.89. The van der Waals surface area contributed by atoms with Crippen molar-refractivity contribution in [3.05, 3.63) is 65.0 Å². The highest BCUT2D eigenvalue weighted by Gasteiger charge is 2.48. The third-order valence-corrected chi connectivity index (χ3v) is 7.21. The topological polar surface area (TPSA) is 55.8 Å². The zero-order chi connectivity index (χ0) is 25.9. The van der Waals surface area contributed by atoms with E-state index in [1.165, 1.54) is 12.1 Å². The van der Waals surface area contributed by atoms with Crippen molar-refractivity contribution < 1.29 is 39.3 Å². The van der Waals surface area contributed by atoms with Crippen LogP contribution in [0.3, 0.4) is 0 Å². The molecule has 2 aromatic rings. The van der Waals surface area contributed by atoms with Crippen LogP contribution in [-0.4, -0.2) is 51.2 Å². The molecule has 0 radical (unpaired) electrons. The molecule has 0 spiro atoms. The fourth-order valence-corrected chi connectivity index (χ4v) is 4.99. The molecule has 1 unspecified atom stereocenters. The van der Waals surface area contributed by atoms with Gasteiger partial charge in [-0.05, 0) is 66.6 Å². The monoisotopic (exact) mass is 531 g/mol. The molecular weight excluding hydrogens is 505 g/mol. The number of alkyl halides is 4. The van der Waals surface area contributed by atoms with E-state index >= 15 is 4.39 Å². The van der Waals surface area contributed by atoms with Crippen molar-refractivity contribution in [2.75, 3.05) is 26.3 Å². The van der Waals surface area contributed by atoms with E-state index in [-0.39, 0.29) is 25.0 Å². The molecule has 1 aliphatic heterocycles. The number of nitrogens with zero attached hydrogens (tertiary/aromatic N) is 1. The van der Waals surface area contributed by atoms with Crippen LogP contribution in [0.15, 0.2) is 48.3 Å². The van der Waals surface area contributed by atoms with Gasteiger partial charge in [-0.25, -0.2) is 4.39 Å². The van der Waals surface area contributed by atoms with Crippen molar-refractivity contribution in [1.29, 1.82) is 0 Å². The Hall–Kier alpha value is -2.66. The normalized spacial score (nSPS) is 19.2. The lowest BCUT2D eigenvalue weighted by atomic mass is 9.93. The van der Waals surface area contributed by atoms with E-state index in [9.17, 15) is 26.0 Å². The SMILES string of the molecule is O=S(=O)(Oc1ccc2c(c1)CCCC(F)=C2c1ccc(OC2CCN(CCCF)C2)cc1)C(F)(F)F. The molecule has 1 fully saturated rings. The second-order valence-corrected chi connectivity index (χ2v) is 10.4. The summed E-state index contributed by atoms with van der Waals surface area (Å²) in [6, 6.07) is 10.6. The average Bonchev–Trinajstić information content (AvgIpc) is 3.19. The van der Waals surface area contributed by atoms with Gasteiger partial charge in [0.25, 0.3) is 0 Å². The maximum atomic E-state index is 15.1. The minimum Gasteiger partial charge on any atom is -0.489 e. The first kappa shape index (κ1) is 26.4. The van der Waals surface area contributed by atoms with Crippen LogP contribution in [0.25, 0.3) is 5.57 Å². The number of ether oxygens (including phenoxy) is 1.